The van der Waals surface area contributed by atoms with Gasteiger partial charge in [-0.25, -0.2) is 9.18 Å². The van der Waals surface area contributed by atoms with Crippen molar-refractivity contribution in [3.8, 4) is 11.1 Å². The summed E-state index contributed by atoms with van der Waals surface area (Å²) >= 11 is 0. The van der Waals surface area contributed by atoms with Crippen LogP contribution in [0.2, 0.25) is 0 Å². The first-order valence-electron chi connectivity index (χ1n) is 10.9. The lowest BCUT2D eigenvalue weighted by molar-refractivity contribution is -0.117. The summed E-state index contributed by atoms with van der Waals surface area (Å²) in [5.41, 5.74) is 0.453. The van der Waals surface area contributed by atoms with Crippen LogP contribution < -0.4 is 10.5 Å². The number of carbonyl (C=O) groups excluding carboxylic acids is 1. The Morgan fingerprint density at radius 2 is 1.76 bits per heavy atom. The summed E-state index contributed by atoms with van der Waals surface area (Å²) in [5.74, 6) is -0.663. The molecule has 0 unspecified atom stereocenters. The third-order valence-electron chi connectivity index (χ3n) is 5.90. The average molecular weight is 465 g/mol. The number of aromatic nitrogens is 2. The molecule has 2 aromatic carbocycles. The van der Waals surface area contributed by atoms with Crippen molar-refractivity contribution in [2.45, 2.75) is 45.8 Å². The van der Waals surface area contributed by atoms with Crippen LogP contribution in [-0.4, -0.2) is 21.2 Å². The fraction of sp³-hybridized carbons (Fsp3) is 0.280. The minimum absolute atomic E-state index is 0.0376. The Labute approximate surface area is 194 Å². The van der Waals surface area contributed by atoms with Gasteiger partial charge in [0, 0.05) is 18.4 Å². The molecule has 176 valence electrons. The number of hydrogen-bond acceptors (Lipinski definition) is 7. The minimum Gasteiger partial charge on any atom is -0.423 e. The molecular weight excluding hydrogens is 441 g/mol. The van der Waals surface area contributed by atoms with Gasteiger partial charge in [0.1, 0.15) is 17.0 Å². The first-order chi connectivity index (χ1) is 16.2. The lowest BCUT2D eigenvalue weighted by Gasteiger charge is -2.20. The fourth-order valence-corrected chi connectivity index (χ4v) is 3.74. The van der Waals surface area contributed by atoms with Crippen LogP contribution in [0, 0.1) is 5.82 Å². The Balaban J connectivity index is 1.69. The Hall–Kier alpha value is -3.85. The zero-order valence-corrected chi connectivity index (χ0v) is 19.0. The maximum atomic E-state index is 13.3. The number of amides is 1. The van der Waals surface area contributed by atoms with Gasteiger partial charge in [-0.1, -0.05) is 43.2 Å². The Morgan fingerprint density at radius 1 is 1.06 bits per heavy atom. The Bertz CT molecular complexity index is 1390. The summed E-state index contributed by atoms with van der Waals surface area (Å²) in [5, 5.41) is 19.2. The number of rotatable bonds is 7. The molecule has 0 radical (unpaired) electrons. The van der Waals surface area contributed by atoms with Crippen molar-refractivity contribution >= 4 is 22.9 Å². The Kier molecular flexibility index (Phi) is 6.30. The number of anilines is 1. The summed E-state index contributed by atoms with van der Waals surface area (Å²) < 4.78 is 24.4. The van der Waals surface area contributed by atoms with Gasteiger partial charge in [0.2, 0.25) is 11.8 Å². The third kappa shape index (κ3) is 4.47. The molecule has 0 aliphatic rings. The second-order valence-electron chi connectivity index (χ2n) is 8.05. The zero-order chi connectivity index (χ0) is 24.5. The summed E-state index contributed by atoms with van der Waals surface area (Å²) in [7, 11) is 0. The topological polar surface area (TPSA) is 110 Å². The standard InChI is InChI=1S/C25H24FN3O5/c1-4-25(32,5-2)23-27-28-24(34-23)29(15(3)30)14-16-6-11-19-20(13-22(31)33-21(19)12-16)17-7-9-18(26)10-8-17/h6-13,32H,4-5,14H2,1-3H3. The fourth-order valence-electron chi connectivity index (χ4n) is 3.74. The maximum Gasteiger partial charge on any atom is 0.336 e. The molecule has 2 aromatic heterocycles. The van der Waals surface area contributed by atoms with Crippen molar-refractivity contribution < 1.29 is 23.1 Å². The van der Waals surface area contributed by atoms with E-state index in [1.54, 1.807) is 44.2 Å². The minimum atomic E-state index is -1.27. The molecule has 0 saturated heterocycles. The van der Waals surface area contributed by atoms with Crippen LogP contribution in [0.1, 0.15) is 45.1 Å². The molecule has 0 aliphatic heterocycles. The van der Waals surface area contributed by atoms with Crippen LogP contribution in [0.4, 0.5) is 10.4 Å². The molecule has 0 saturated carbocycles. The molecule has 0 fully saturated rings. The number of nitrogens with zero attached hydrogens (tertiary/aromatic N) is 3. The van der Waals surface area contributed by atoms with Crippen LogP contribution in [0.5, 0.6) is 0 Å². The number of halogens is 1. The number of benzene rings is 2. The van der Waals surface area contributed by atoms with Gasteiger partial charge in [0.15, 0.2) is 0 Å². The SMILES string of the molecule is CCC(O)(CC)c1nnc(N(Cc2ccc3c(-c4ccc(F)cc4)cc(=O)oc3c2)C(C)=O)o1. The largest absolute Gasteiger partial charge is 0.423 e. The summed E-state index contributed by atoms with van der Waals surface area (Å²) in [6, 6.07) is 12.4. The van der Waals surface area contributed by atoms with E-state index in [-0.39, 0.29) is 30.2 Å². The van der Waals surface area contributed by atoms with Crippen molar-refractivity contribution in [1.82, 2.24) is 10.2 Å². The van der Waals surface area contributed by atoms with E-state index in [9.17, 15) is 19.1 Å². The molecule has 0 spiro atoms. The van der Waals surface area contributed by atoms with Crippen molar-refractivity contribution in [3.05, 3.63) is 76.2 Å². The van der Waals surface area contributed by atoms with Crippen LogP contribution in [-0.2, 0) is 16.9 Å². The van der Waals surface area contributed by atoms with E-state index in [1.165, 1.54) is 30.0 Å². The predicted molar refractivity (Wildman–Crippen MR) is 124 cm³/mol. The Morgan fingerprint density at radius 3 is 2.41 bits per heavy atom. The van der Waals surface area contributed by atoms with Crippen molar-refractivity contribution in [3.63, 3.8) is 0 Å². The second kappa shape index (κ2) is 9.18. The van der Waals surface area contributed by atoms with Crippen LogP contribution in [0.25, 0.3) is 22.1 Å². The summed E-state index contributed by atoms with van der Waals surface area (Å²) in [6.07, 6.45) is 0.761. The van der Waals surface area contributed by atoms with E-state index >= 15 is 0 Å². The highest BCUT2D eigenvalue weighted by Gasteiger charge is 2.33. The van der Waals surface area contributed by atoms with E-state index in [1.807, 2.05) is 0 Å². The molecule has 4 rings (SSSR count). The van der Waals surface area contributed by atoms with E-state index in [0.29, 0.717) is 40.5 Å². The normalized spacial score (nSPS) is 11.7. The molecule has 0 atom stereocenters. The number of fused-ring (bicyclic) bond motifs is 1. The quantitative estimate of drug-likeness (QED) is 0.399. The van der Waals surface area contributed by atoms with Gasteiger partial charge in [-0.15, -0.1) is 5.10 Å². The zero-order valence-electron chi connectivity index (χ0n) is 19.0. The molecule has 0 bridgehead atoms. The molecule has 34 heavy (non-hydrogen) atoms. The first kappa shape index (κ1) is 23.3. The maximum absolute atomic E-state index is 13.3. The first-order valence-corrected chi connectivity index (χ1v) is 10.9. The summed E-state index contributed by atoms with van der Waals surface area (Å²) in [4.78, 5) is 25.8. The molecule has 8 nitrogen and oxygen atoms in total. The third-order valence-corrected chi connectivity index (χ3v) is 5.90. The van der Waals surface area contributed by atoms with Crippen molar-refractivity contribution in [1.29, 1.82) is 0 Å². The van der Waals surface area contributed by atoms with Gasteiger partial charge in [-0.2, -0.15) is 0 Å². The molecule has 0 aliphatic carbocycles. The monoisotopic (exact) mass is 465 g/mol. The number of aliphatic hydroxyl groups is 1. The number of carbonyl (C=O) groups is 1. The van der Waals surface area contributed by atoms with Crippen molar-refractivity contribution in [2.75, 3.05) is 4.90 Å². The van der Waals surface area contributed by atoms with Gasteiger partial charge in [-0.05, 0) is 47.7 Å². The highest BCUT2D eigenvalue weighted by atomic mass is 19.1. The predicted octanol–water partition coefficient (Wildman–Crippen LogP) is 4.54. The molecular formula is C25H24FN3O5. The highest BCUT2D eigenvalue weighted by Crippen LogP contribution is 2.31. The van der Waals surface area contributed by atoms with Crippen LogP contribution in [0.3, 0.4) is 0 Å². The van der Waals surface area contributed by atoms with Crippen LogP contribution in [0.15, 0.2) is 62.2 Å². The lowest BCUT2D eigenvalue weighted by Crippen LogP contribution is -2.28. The van der Waals surface area contributed by atoms with Gasteiger partial charge in [-0.3, -0.25) is 9.69 Å². The van der Waals surface area contributed by atoms with Crippen molar-refractivity contribution in [2.24, 2.45) is 0 Å². The molecule has 1 amide bonds. The highest BCUT2D eigenvalue weighted by molar-refractivity contribution is 5.94. The van der Waals surface area contributed by atoms with Crippen LogP contribution >= 0.6 is 0 Å². The molecule has 9 heteroatoms. The van der Waals surface area contributed by atoms with Gasteiger partial charge < -0.3 is 13.9 Å². The van der Waals surface area contributed by atoms with E-state index in [4.69, 9.17) is 8.83 Å². The lowest BCUT2D eigenvalue weighted by atomic mass is 9.98. The molecule has 2 heterocycles. The van der Waals surface area contributed by atoms with E-state index in [2.05, 4.69) is 10.2 Å². The second-order valence-corrected chi connectivity index (χ2v) is 8.05. The van der Waals surface area contributed by atoms with Gasteiger partial charge in [0.05, 0.1) is 6.54 Å². The molecule has 1 N–H and O–H groups in total. The van der Waals surface area contributed by atoms with E-state index < -0.39 is 11.2 Å². The molecule has 4 aromatic rings. The average Bonchev–Trinajstić information content (AvgIpc) is 3.32. The van der Waals surface area contributed by atoms with Gasteiger partial charge in [0.25, 0.3) is 0 Å². The summed E-state index contributed by atoms with van der Waals surface area (Å²) in [6.45, 7) is 5.05. The smallest absolute Gasteiger partial charge is 0.336 e. The van der Waals surface area contributed by atoms with E-state index in [0.717, 1.165) is 0 Å². The van der Waals surface area contributed by atoms with Gasteiger partial charge >= 0.3 is 11.6 Å². The number of hydrogen-bond donors (Lipinski definition) is 1.